The number of likely N-dealkylation sites (tertiary alicyclic amines) is 1. The van der Waals surface area contributed by atoms with E-state index in [1.807, 2.05) is 12.1 Å². The Kier molecular flexibility index (Phi) is 8.41. The number of methoxy groups -OCH3 is 1. The second-order valence-corrected chi connectivity index (χ2v) is 10.0. The molecule has 0 bridgehead atoms. The van der Waals surface area contributed by atoms with Crippen molar-refractivity contribution in [3.8, 4) is 11.5 Å². The molecule has 0 saturated carbocycles. The summed E-state index contributed by atoms with van der Waals surface area (Å²) in [6.45, 7) is 7.96. The first kappa shape index (κ1) is 26.7. The lowest BCUT2D eigenvalue weighted by molar-refractivity contribution is 0.101. The van der Waals surface area contributed by atoms with E-state index >= 15 is 0 Å². The molecule has 2 aliphatic rings. The molecule has 206 valence electrons. The predicted octanol–water partition coefficient (Wildman–Crippen LogP) is 4.06. The van der Waals surface area contributed by atoms with Crippen LogP contribution in [0.25, 0.3) is 10.9 Å². The quantitative estimate of drug-likeness (QED) is 0.325. The maximum absolute atomic E-state index is 12.8. The third-order valence-electron chi connectivity index (χ3n) is 7.38. The monoisotopic (exact) mass is 532 g/mol. The van der Waals surface area contributed by atoms with Gasteiger partial charge in [-0.15, -0.1) is 0 Å². The predicted molar refractivity (Wildman–Crippen MR) is 151 cm³/mol. The van der Waals surface area contributed by atoms with Gasteiger partial charge in [-0.05, 0) is 69.6 Å². The van der Waals surface area contributed by atoms with Gasteiger partial charge in [0, 0.05) is 55.4 Å². The molecule has 2 fully saturated rings. The number of rotatable bonds is 9. The number of carbonyl (C=O) groups excluding carboxylic acids is 2. The molecule has 39 heavy (non-hydrogen) atoms. The SMILES string of the molecule is COc1cc2c(N3CCN(C(=O)Nc4ccc(C(C)=O)cc4)CC3)ncnc2cc1OCCCN1CCCC1. The number of fused-ring (bicyclic) bond motifs is 1. The number of piperazine rings is 1. The van der Waals surface area contributed by atoms with Crippen LogP contribution in [0.4, 0.5) is 16.3 Å². The molecule has 2 aromatic carbocycles. The Bertz CT molecular complexity index is 1300. The smallest absolute Gasteiger partial charge is 0.321 e. The first-order chi connectivity index (χ1) is 19.0. The second kappa shape index (κ2) is 12.3. The summed E-state index contributed by atoms with van der Waals surface area (Å²) in [7, 11) is 1.65. The number of nitrogens with zero attached hydrogens (tertiary/aromatic N) is 5. The lowest BCUT2D eigenvalue weighted by atomic mass is 10.1. The molecule has 1 N–H and O–H groups in total. The van der Waals surface area contributed by atoms with E-state index in [-0.39, 0.29) is 11.8 Å². The minimum absolute atomic E-state index is 0.00414. The molecule has 0 radical (unpaired) electrons. The Morgan fingerprint density at radius 2 is 1.69 bits per heavy atom. The van der Waals surface area contributed by atoms with Crippen LogP contribution < -0.4 is 19.7 Å². The lowest BCUT2D eigenvalue weighted by Gasteiger charge is -2.35. The average Bonchev–Trinajstić information content (AvgIpc) is 3.48. The normalized spacial score (nSPS) is 15.9. The van der Waals surface area contributed by atoms with Crippen molar-refractivity contribution in [3.63, 3.8) is 0 Å². The maximum Gasteiger partial charge on any atom is 0.321 e. The first-order valence-electron chi connectivity index (χ1n) is 13.6. The number of nitrogens with one attached hydrogen (secondary N) is 1. The number of carbonyl (C=O) groups is 2. The van der Waals surface area contributed by atoms with E-state index in [0.29, 0.717) is 55.5 Å². The van der Waals surface area contributed by atoms with Gasteiger partial charge in [-0.25, -0.2) is 14.8 Å². The second-order valence-electron chi connectivity index (χ2n) is 10.0. The number of benzene rings is 2. The van der Waals surface area contributed by atoms with Crippen LogP contribution in [0, 0.1) is 0 Å². The molecule has 1 aromatic heterocycles. The molecule has 5 rings (SSSR count). The zero-order valence-electron chi connectivity index (χ0n) is 22.7. The van der Waals surface area contributed by atoms with E-state index in [1.54, 1.807) is 42.6 Å². The highest BCUT2D eigenvalue weighted by Crippen LogP contribution is 2.35. The topological polar surface area (TPSA) is 100 Å². The minimum Gasteiger partial charge on any atom is -0.493 e. The summed E-state index contributed by atoms with van der Waals surface area (Å²) in [5.41, 5.74) is 2.08. The summed E-state index contributed by atoms with van der Waals surface area (Å²) >= 11 is 0. The van der Waals surface area contributed by atoms with E-state index in [4.69, 9.17) is 9.47 Å². The summed E-state index contributed by atoms with van der Waals surface area (Å²) in [6, 6.07) is 10.6. The maximum atomic E-state index is 12.8. The molecule has 2 amide bonds. The molecule has 10 heteroatoms. The van der Waals surface area contributed by atoms with Gasteiger partial charge in [0.1, 0.15) is 12.1 Å². The van der Waals surface area contributed by atoms with Crippen LogP contribution in [0.3, 0.4) is 0 Å². The highest BCUT2D eigenvalue weighted by Gasteiger charge is 2.24. The van der Waals surface area contributed by atoms with E-state index < -0.39 is 0 Å². The molecular formula is C29H36N6O4. The Hall–Kier alpha value is -3.92. The summed E-state index contributed by atoms with van der Waals surface area (Å²) in [5, 5.41) is 3.81. The Morgan fingerprint density at radius 3 is 2.38 bits per heavy atom. The largest absolute Gasteiger partial charge is 0.493 e. The first-order valence-corrected chi connectivity index (χ1v) is 13.6. The Labute approximate surface area is 228 Å². The van der Waals surface area contributed by atoms with E-state index in [0.717, 1.165) is 29.7 Å². The minimum atomic E-state index is -0.161. The molecule has 0 unspecified atom stereocenters. The van der Waals surface area contributed by atoms with Crippen LogP contribution in [0.15, 0.2) is 42.7 Å². The molecule has 3 aromatic rings. The van der Waals surface area contributed by atoms with E-state index in [9.17, 15) is 9.59 Å². The number of urea groups is 1. The Morgan fingerprint density at radius 1 is 0.949 bits per heavy atom. The number of ketones is 1. The summed E-state index contributed by atoms with van der Waals surface area (Å²) in [4.78, 5) is 39.8. The van der Waals surface area contributed by atoms with Crippen molar-refractivity contribution in [1.29, 1.82) is 0 Å². The fourth-order valence-electron chi connectivity index (χ4n) is 5.16. The molecule has 3 heterocycles. The summed E-state index contributed by atoms with van der Waals surface area (Å²) in [5.74, 6) is 2.16. The van der Waals surface area contributed by atoms with Crippen molar-refractivity contribution >= 4 is 34.2 Å². The third kappa shape index (κ3) is 6.39. The number of ether oxygens (including phenoxy) is 2. The van der Waals surface area contributed by atoms with Crippen molar-refractivity contribution < 1.29 is 19.1 Å². The van der Waals surface area contributed by atoms with Gasteiger partial charge in [-0.3, -0.25) is 4.79 Å². The molecule has 0 aliphatic carbocycles. The molecule has 10 nitrogen and oxygen atoms in total. The Balaban J connectivity index is 1.20. The highest BCUT2D eigenvalue weighted by molar-refractivity contribution is 5.95. The van der Waals surface area contributed by atoms with Crippen LogP contribution in [0.2, 0.25) is 0 Å². The van der Waals surface area contributed by atoms with Crippen LogP contribution in [0.5, 0.6) is 11.5 Å². The molecular weight excluding hydrogens is 496 g/mol. The number of hydrogen-bond donors (Lipinski definition) is 1. The fraction of sp³-hybridized carbons (Fsp3) is 0.448. The number of hydrogen-bond acceptors (Lipinski definition) is 8. The van der Waals surface area contributed by atoms with Gasteiger partial charge < -0.3 is 29.5 Å². The number of anilines is 2. The van der Waals surface area contributed by atoms with Crippen molar-refractivity contribution in [2.45, 2.75) is 26.2 Å². The molecule has 2 saturated heterocycles. The van der Waals surface area contributed by atoms with Crippen LogP contribution >= 0.6 is 0 Å². The summed E-state index contributed by atoms with van der Waals surface area (Å²) in [6.07, 6.45) is 5.13. The zero-order valence-corrected chi connectivity index (χ0v) is 22.7. The van der Waals surface area contributed by atoms with Crippen molar-refractivity contribution in [2.24, 2.45) is 0 Å². The molecule has 2 aliphatic heterocycles. The zero-order chi connectivity index (χ0) is 27.2. The lowest BCUT2D eigenvalue weighted by Crippen LogP contribution is -2.50. The number of aromatic nitrogens is 2. The van der Waals surface area contributed by atoms with Crippen molar-refractivity contribution in [1.82, 2.24) is 19.8 Å². The summed E-state index contributed by atoms with van der Waals surface area (Å²) < 4.78 is 11.8. The van der Waals surface area contributed by atoms with Crippen LogP contribution in [-0.2, 0) is 0 Å². The van der Waals surface area contributed by atoms with E-state index in [1.165, 1.54) is 32.9 Å². The van der Waals surface area contributed by atoms with Gasteiger partial charge in [0.05, 0.1) is 19.2 Å². The van der Waals surface area contributed by atoms with Gasteiger partial charge in [0.2, 0.25) is 0 Å². The van der Waals surface area contributed by atoms with Crippen LogP contribution in [-0.4, -0.2) is 91.1 Å². The van der Waals surface area contributed by atoms with Gasteiger partial charge in [0.15, 0.2) is 17.3 Å². The standard InChI is InChI=1S/C29H36N6O4/c1-21(36)22-6-8-23(9-7-22)32-29(37)35-15-13-34(14-16-35)28-24-18-26(38-2)27(19-25(24)30-20-31-28)39-17-5-12-33-10-3-4-11-33/h6-9,18-20H,3-5,10-17H2,1-2H3,(H,32,37). The van der Waals surface area contributed by atoms with Gasteiger partial charge in [0.25, 0.3) is 0 Å². The van der Waals surface area contributed by atoms with Gasteiger partial charge in [-0.1, -0.05) is 0 Å². The van der Waals surface area contributed by atoms with Crippen LogP contribution in [0.1, 0.15) is 36.5 Å². The van der Waals surface area contributed by atoms with Gasteiger partial charge in [-0.2, -0.15) is 0 Å². The van der Waals surface area contributed by atoms with E-state index in [2.05, 4.69) is 25.1 Å². The van der Waals surface area contributed by atoms with Crippen molar-refractivity contribution in [3.05, 3.63) is 48.3 Å². The molecule has 0 spiro atoms. The fourth-order valence-corrected chi connectivity index (χ4v) is 5.16. The third-order valence-corrected chi connectivity index (χ3v) is 7.38. The average molecular weight is 533 g/mol. The number of Topliss-reactive ketones (excluding diaryl/α,β-unsaturated/α-hetero) is 1. The highest BCUT2D eigenvalue weighted by atomic mass is 16.5. The molecule has 0 atom stereocenters. The van der Waals surface area contributed by atoms with Crippen molar-refractivity contribution in [2.75, 3.05) is 69.7 Å². The van der Waals surface area contributed by atoms with Gasteiger partial charge >= 0.3 is 6.03 Å². The number of amides is 2.